The van der Waals surface area contributed by atoms with E-state index >= 15 is 4.39 Å². The molecule has 2 aromatic carbocycles. The van der Waals surface area contributed by atoms with Gasteiger partial charge in [-0.1, -0.05) is 26.2 Å². The van der Waals surface area contributed by atoms with Crippen molar-refractivity contribution in [2.75, 3.05) is 23.9 Å². The molecule has 16 heteroatoms. The SMILES string of the molecule is CCCCCCN1COc2nc(-c3cc(N)cc4cc(F)c(F)c(OC(O)(O)O)c34)c(F)c3nc(OC(O)O)nc1c23. The van der Waals surface area contributed by atoms with Crippen LogP contribution in [0.1, 0.15) is 32.6 Å². The van der Waals surface area contributed by atoms with E-state index in [2.05, 4.69) is 26.6 Å². The van der Waals surface area contributed by atoms with E-state index in [1.54, 1.807) is 4.90 Å². The van der Waals surface area contributed by atoms with Gasteiger partial charge < -0.3 is 50.4 Å². The number of hydrogen-bond acceptors (Lipinski definition) is 13. The van der Waals surface area contributed by atoms with Crippen LogP contribution in [0.15, 0.2) is 18.2 Å². The molecule has 5 rings (SSSR count). The first-order chi connectivity index (χ1) is 19.9. The monoisotopic (exact) mass is 593 g/mol. The van der Waals surface area contributed by atoms with Crippen LogP contribution in [0.25, 0.3) is 32.9 Å². The first kappa shape index (κ1) is 29.3. The van der Waals surface area contributed by atoms with Crippen molar-refractivity contribution in [1.29, 1.82) is 0 Å². The average Bonchev–Trinajstić information content (AvgIpc) is 2.90. The Balaban J connectivity index is 1.78. The maximum absolute atomic E-state index is 16.4. The molecule has 224 valence electrons. The zero-order valence-corrected chi connectivity index (χ0v) is 22.0. The lowest BCUT2D eigenvalue weighted by Crippen LogP contribution is -2.35. The van der Waals surface area contributed by atoms with Gasteiger partial charge >= 0.3 is 18.6 Å². The van der Waals surface area contributed by atoms with Crippen molar-refractivity contribution in [3.8, 4) is 28.9 Å². The highest BCUT2D eigenvalue weighted by Crippen LogP contribution is 2.45. The Labute approximate surface area is 235 Å². The normalized spacial score (nSPS) is 13.2. The standard InChI is InChI=1S/C26H26F3N5O8/c1-2-3-4-5-6-34-10-40-23-16-20(32-24(33-22(16)34)41-25(35)36)18(29)19(31-23)13-9-12(30)7-11-8-14(27)17(28)21(15(11)13)42-26(37,38)39/h7-9,25,35-39H,2-6,10,30H2,1H3. The van der Waals surface area contributed by atoms with Gasteiger partial charge in [0.2, 0.25) is 11.7 Å². The van der Waals surface area contributed by atoms with E-state index in [-0.39, 0.29) is 40.5 Å². The zero-order valence-electron chi connectivity index (χ0n) is 22.0. The van der Waals surface area contributed by atoms with Crippen LogP contribution >= 0.6 is 0 Å². The molecule has 0 unspecified atom stereocenters. The van der Waals surface area contributed by atoms with Gasteiger partial charge in [0, 0.05) is 23.2 Å². The molecule has 1 aliphatic rings. The number of unbranched alkanes of at least 4 members (excludes halogenated alkanes) is 3. The van der Waals surface area contributed by atoms with Crippen molar-refractivity contribution in [2.24, 2.45) is 0 Å². The highest BCUT2D eigenvalue weighted by molar-refractivity contribution is 6.05. The van der Waals surface area contributed by atoms with E-state index in [9.17, 15) is 34.3 Å². The zero-order chi connectivity index (χ0) is 30.3. The number of aliphatic hydroxyl groups excluding tert-OH is 1. The van der Waals surface area contributed by atoms with Gasteiger partial charge in [-0.15, -0.1) is 0 Å². The van der Waals surface area contributed by atoms with E-state index in [0.29, 0.717) is 12.6 Å². The van der Waals surface area contributed by atoms with E-state index in [1.165, 1.54) is 6.07 Å². The molecule has 4 aromatic rings. The van der Waals surface area contributed by atoms with Gasteiger partial charge in [-0.05, 0) is 30.0 Å². The van der Waals surface area contributed by atoms with Crippen LogP contribution in [-0.2, 0) is 0 Å². The number of pyridine rings is 1. The molecule has 0 aliphatic carbocycles. The van der Waals surface area contributed by atoms with E-state index in [0.717, 1.165) is 31.7 Å². The Morgan fingerprint density at radius 3 is 2.48 bits per heavy atom. The number of aliphatic hydroxyl groups is 5. The largest absolute Gasteiger partial charge is 0.456 e. The number of ether oxygens (including phenoxy) is 3. The Hall–Kier alpha value is -4.22. The molecule has 0 radical (unpaired) electrons. The smallest absolute Gasteiger partial charge is 0.453 e. The molecule has 1 aliphatic heterocycles. The fraction of sp³-hybridized carbons (Fsp3) is 0.346. The Morgan fingerprint density at radius 1 is 1.02 bits per heavy atom. The van der Waals surface area contributed by atoms with Crippen molar-refractivity contribution < 1.29 is 52.9 Å². The van der Waals surface area contributed by atoms with Crippen molar-refractivity contribution >= 4 is 33.2 Å². The first-order valence-electron chi connectivity index (χ1n) is 12.8. The lowest BCUT2D eigenvalue weighted by atomic mass is 9.98. The molecule has 3 heterocycles. The summed E-state index contributed by atoms with van der Waals surface area (Å²) < 4.78 is 60.8. The summed E-state index contributed by atoms with van der Waals surface area (Å²) in [5, 5.41) is 46.3. The Bertz CT molecular complexity index is 1670. The Morgan fingerprint density at radius 2 is 1.79 bits per heavy atom. The van der Waals surface area contributed by atoms with Gasteiger partial charge in [-0.25, -0.2) is 13.8 Å². The summed E-state index contributed by atoms with van der Waals surface area (Å²) in [6.07, 6.45) is -0.306. The Kier molecular flexibility index (Phi) is 7.82. The molecule has 7 N–H and O–H groups in total. The van der Waals surface area contributed by atoms with Gasteiger partial charge in [0.05, 0.1) is 0 Å². The number of fused-ring (bicyclic) bond motifs is 1. The van der Waals surface area contributed by atoms with Crippen molar-refractivity contribution in [3.63, 3.8) is 0 Å². The van der Waals surface area contributed by atoms with Crippen molar-refractivity contribution in [1.82, 2.24) is 15.0 Å². The lowest BCUT2D eigenvalue weighted by Gasteiger charge is -2.30. The molecule has 0 atom stereocenters. The third-order valence-electron chi connectivity index (χ3n) is 6.47. The number of anilines is 2. The predicted molar refractivity (Wildman–Crippen MR) is 140 cm³/mol. The van der Waals surface area contributed by atoms with Gasteiger partial charge in [0.15, 0.2) is 29.9 Å². The predicted octanol–water partition coefficient (Wildman–Crippen LogP) is 2.20. The fourth-order valence-corrected chi connectivity index (χ4v) is 4.75. The molecule has 13 nitrogen and oxygen atoms in total. The van der Waals surface area contributed by atoms with Gasteiger partial charge in [-0.2, -0.15) is 14.4 Å². The van der Waals surface area contributed by atoms with E-state index < -0.39 is 58.4 Å². The molecule has 2 aromatic heterocycles. The molecular formula is C26H26F3N5O8. The minimum absolute atomic E-state index is 0.0276. The first-order valence-corrected chi connectivity index (χ1v) is 12.8. The molecule has 0 amide bonds. The van der Waals surface area contributed by atoms with Gasteiger partial charge in [-0.3, -0.25) is 0 Å². The number of aromatic nitrogens is 3. The molecule has 0 saturated carbocycles. The molecule has 0 spiro atoms. The maximum Gasteiger partial charge on any atom is 0.453 e. The van der Waals surface area contributed by atoms with Gasteiger partial charge in [0.25, 0.3) is 0 Å². The summed E-state index contributed by atoms with van der Waals surface area (Å²) in [5.41, 5.74) is 4.59. The number of nitrogen functional groups attached to an aromatic ring is 1. The number of hydrogen-bond donors (Lipinski definition) is 6. The number of nitrogens with two attached hydrogens (primary N) is 1. The number of nitrogens with zero attached hydrogens (tertiary/aromatic N) is 4. The number of benzene rings is 2. The van der Waals surface area contributed by atoms with Crippen LogP contribution in [-0.4, -0.2) is 66.4 Å². The lowest BCUT2D eigenvalue weighted by molar-refractivity contribution is -0.419. The second-order valence-corrected chi connectivity index (χ2v) is 9.52. The fourth-order valence-electron chi connectivity index (χ4n) is 4.75. The van der Waals surface area contributed by atoms with Crippen LogP contribution < -0.4 is 24.8 Å². The maximum atomic E-state index is 16.4. The third-order valence-corrected chi connectivity index (χ3v) is 6.47. The molecule has 42 heavy (non-hydrogen) atoms. The molecular weight excluding hydrogens is 567 g/mol. The summed E-state index contributed by atoms with van der Waals surface area (Å²) in [6, 6.07) is 2.42. The quantitative estimate of drug-likeness (QED) is 0.0890. The van der Waals surface area contributed by atoms with Crippen LogP contribution in [0.3, 0.4) is 0 Å². The topological polar surface area (TPSA) is 197 Å². The van der Waals surface area contributed by atoms with Crippen LogP contribution in [0.5, 0.6) is 17.6 Å². The van der Waals surface area contributed by atoms with E-state index in [1.807, 2.05) is 0 Å². The second kappa shape index (κ2) is 11.2. The van der Waals surface area contributed by atoms with Gasteiger partial charge in [0.1, 0.15) is 16.6 Å². The summed E-state index contributed by atoms with van der Waals surface area (Å²) >= 11 is 0. The number of rotatable bonds is 10. The molecule has 0 bridgehead atoms. The summed E-state index contributed by atoms with van der Waals surface area (Å²) in [4.78, 5) is 14.1. The van der Waals surface area contributed by atoms with Crippen molar-refractivity contribution in [2.45, 2.75) is 45.2 Å². The van der Waals surface area contributed by atoms with Crippen LogP contribution in [0, 0.1) is 17.5 Å². The minimum Gasteiger partial charge on any atom is -0.456 e. The summed E-state index contributed by atoms with van der Waals surface area (Å²) in [5.74, 6) is -5.58. The molecule has 0 saturated heterocycles. The molecule has 0 fully saturated rings. The third kappa shape index (κ3) is 5.62. The average molecular weight is 594 g/mol. The van der Waals surface area contributed by atoms with Crippen LogP contribution in [0.4, 0.5) is 24.7 Å². The highest BCUT2D eigenvalue weighted by Gasteiger charge is 2.32. The number of halogens is 3. The van der Waals surface area contributed by atoms with Crippen LogP contribution in [0.2, 0.25) is 0 Å². The summed E-state index contributed by atoms with van der Waals surface area (Å²) in [6.45, 7) is 0.0920. The van der Waals surface area contributed by atoms with Crippen molar-refractivity contribution in [3.05, 3.63) is 35.7 Å². The van der Waals surface area contributed by atoms with E-state index in [4.69, 9.17) is 15.2 Å². The highest BCUT2D eigenvalue weighted by atomic mass is 19.2. The summed E-state index contributed by atoms with van der Waals surface area (Å²) in [7, 11) is 0. The minimum atomic E-state index is -3.94. The second-order valence-electron chi connectivity index (χ2n) is 9.52.